The van der Waals surface area contributed by atoms with E-state index in [1.807, 2.05) is 6.07 Å². The van der Waals surface area contributed by atoms with Crippen LogP contribution in [0.4, 0.5) is 5.69 Å². The quantitative estimate of drug-likeness (QED) is 0.792. The highest BCUT2D eigenvalue weighted by Gasteiger charge is 2.16. The van der Waals surface area contributed by atoms with E-state index < -0.39 is 0 Å². The van der Waals surface area contributed by atoms with Crippen LogP contribution in [-0.2, 0) is 6.54 Å². The van der Waals surface area contributed by atoms with Crippen molar-refractivity contribution >= 4 is 11.6 Å². The molecule has 1 aromatic carbocycles. The SMILES string of the molecule is Cc1cccc(CNc2ccc(C(=O)NC3CCCCCC3)nc2)c1. The zero-order valence-electron chi connectivity index (χ0n) is 14.9. The number of rotatable bonds is 5. The maximum atomic E-state index is 12.4. The number of benzene rings is 1. The molecule has 2 aromatic rings. The highest BCUT2D eigenvalue weighted by Crippen LogP contribution is 2.17. The molecule has 1 amide bonds. The van der Waals surface area contributed by atoms with Crippen molar-refractivity contribution in [3.63, 3.8) is 0 Å². The van der Waals surface area contributed by atoms with Crippen LogP contribution in [0.5, 0.6) is 0 Å². The van der Waals surface area contributed by atoms with Crippen LogP contribution >= 0.6 is 0 Å². The lowest BCUT2D eigenvalue weighted by Gasteiger charge is -2.16. The minimum absolute atomic E-state index is 0.0582. The second-order valence-electron chi connectivity index (χ2n) is 6.94. The third kappa shape index (κ3) is 5.31. The van der Waals surface area contributed by atoms with Gasteiger partial charge in [-0.15, -0.1) is 0 Å². The second kappa shape index (κ2) is 8.65. The third-order valence-corrected chi connectivity index (χ3v) is 4.77. The van der Waals surface area contributed by atoms with E-state index in [0.717, 1.165) is 25.1 Å². The van der Waals surface area contributed by atoms with Gasteiger partial charge < -0.3 is 10.6 Å². The fourth-order valence-corrected chi connectivity index (χ4v) is 3.34. The number of carbonyl (C=O) groups excluding carboxylic acids is 1. The van der Waals surface area contributed by atoms with Crippen LogP contribution in [0.15, 0.2) is 42.6 Å². The van der Waals surface area contributed by atoms with Crippen molar-refractivity contribution in [2.45, 2.75) is 58.0 Å². The minimum atomic E-state index is -0.0582. The average Bonchev–Trinajstić information content (AvgIpc) is 2.89. The van der Waals surface area contributed by atoms with Gasteiger partial charge in [-0.3, -0.25) is 4.79 Å². The molecular weight excluding hydrogens is 310 g/mol. The van der Waals surface area contributed by atoms with Gasteiger partial charge in [0.15, 0.2) is 0 Å². The zero-order chi connectivity index (χ0) is 17.5. The molecule has 4 heteroatoms. The molecule has 0 aliphatic heterocycles. The van der Waals surface area contributed by atoms with Gasteiger partial charge in [-0.05, 0) is 37.5 Å². The van der Waals surface area contributed by atoms with Crippen LogP contribution < -0.4 is 10.6 Å². The van der Waals surface area contributed by atoms with Crippen LogP contribution in [0.1, 0.15) is 60.1 Å². The Morgan fingerprint density at radius 1 is 1.12 bits per heavy atom. The predicted octanol–water partition coefficient (Wildman–Crippen LogP) is 4.45. The molecule has 2 N–H and O–H groups in total. The lowest BCUT2D eigenvalue weighted by atomic mass is 10.1. The van der Waals surface area contributed by atoms with Crippen LogP contribution in [-0.4, -0.2) is 16.9 Å². The van der Waals surface area contributed by atoms with Crippen molar-refractivity contribution in [2.24, 2.45) is 0 Å². The zero-order valence-corrected chi connectivity index (χ0v) is 14.9. The summed E-state index contributed by atoms with van der Waals surface area (Å²) in [5.74, 6) is -0.0582. The van der Waals surface area contributed by atoms with Gasteiger partial charge in [0.1, 0.15) is 5.69 Å². The molecule has 1 aromatic heterocycles. The normalized spacial score (nSPS) is 15.4. The van der Waals surface area contributed by atoms with Gasteiger partial charge in [0, 0.05) is 12.6 Å². The fraction of sp³-hybridized carbons (Fsp3) is 0.429. The first-order valence-corrected chi connectivity index (χ1v) is 9.27. The number of nitrogens with zero attached hydrogens (tertiary/aromatic N) is 1. The first-order valence-electron chi connectivity index (χ1n) is 9.27. The Balaban J connectivity index is 1.53. The van der Waals surface area contributed by atoms with E-state index in [0.29, 0.717) is 11.7 Å². The number of amides is 1. The Hall–Kier alpha value is -2.36. The number of hydrogen-bond acceptors (Lipinski definition) is 3. The Morgan fingerprint density at radius 3 is 2.60 bits per heavy atom. The standard InChI is InChI=1S/C21H27N3O/c1-16-7-6-8-17(13-16)14-22-19-11-12-20(23-15-19)21(25)24-18-9-4-2-3-5-10-18/h6-8,11-13,15,18,22H,2-5,9-10,14H2,1H3,(H,24,25). The number of pyridine rings is 1. The summed E-state index contributed by atoms with van der Waals surface area (Å²) < 4.78 is 0. The highest BCUT2D eigenvalue weighted by molar-refractivity contribution is 5.92. The second-order valence-corrected chi connectivity index (χ2v) is 6.94. The molecule has 0 radical (unpaired) electrons. The topological polar surface area (TPSA) is 54.0 Å². The van der Waals surface area contributed by atoms with Crippen molar-refractivity contribution in [3.05, 3.63) is 59.4 Å². The van der Waals surface area contributed by atoms with Crippen molar-refractivity contribution in [1.29, 1.82) is 0 Å². The molecule has 1 saturated carbocycles. The summed E-state index contributed by atoms with van der Waals surface area (Å²) in [6, 6.07) is 12.4. The first kappa shape index (κ1) is 17.5. The Labute approximate surface area is 150 Å². The van der Waals surface area contributed by atoms with E-state index in [2.05, 4.69) is 46.8 Å². The lowest BCUT2D eigenvalue weighted by Crippen LogP contribution is -2.34. The predicted molar refractivity (Wildman–Crippen MR) is 102 cm³/mol. The van der Waals surface area contributed by atoms with Gasteiger partial charge in [0.05, 0.1) is 11.9 Å². The van der Waals surface area contributed by atoms with Gasteiger partial charge in [0.25, 0.3) is 5.91 Å². The summed E-state index contributed by atoms with van der Waals surface area (Å²) in [5, 5.41) is 6.49. The van der Waals surface area contributed by atoms with Crippen LogP contribution in [0.25, 0.3) is 0 Å². The van der Waals surface area contributed by atoms with E-state index >= 15 is 0 Å². The van der Waals surface area contributed by atoms with Gasteiger partial charge >= 0.3 is 0 Å². The molecule has 3 rings (SSSR count). The van der Waals surface area contributed by atoms with Crippen molar-refractivity contribution < 1.29 is 4.79 Å². The molecule has 0 saturated heterocycles. The van der Waals surface area contributed by atoms with Crippen LogP contribution in [0.2, 0.25) is 0 Å². The Kier molecular flexibility index (Phi) is 6.04. The largest absolute Gasteiger partial charge is 0.380 e. The highest BCUT2D eigenvalue weighted by atomic mass is 16.1. The molecule has 0 atom stereocenters. The van der Waals surface area contributed by atoms with Crippen molar-refractivity contribution in [3.8, 4) is 0 Å². The summed E-state index contributed by atoms with van der Waals surface area (Å²) in [6.07, 6.45) is 8.89. The minimum Gasteiger partial charge on any atom is -0.380 e. The van der Waals surface area contributed by atoms with Crippen molar-refractivity contribution in [1.82, 2.24) is 10.3 Å². The molecule has 0 spiro atoms. The number of anilines is 1. The van der Waals surface area contributed by atoms with E-state index in [4.69, 9.17) is 0 Å². The summed E-state index contributed by atoms with van der Waals surface area (Å²) in [4.78, 5) is 16.7. The number of aromatic nitrogens is 1. The lowest BCUT2D eigenvalue weighted by molar-refractivity contribution is 0.0928. The average molecular weight is 337 g/mol. The van der Waals surface area contributed by atoms with E-state index in [1.165, 1.54) is 36.8 Å². The third-order valence-electron chi connectivity index (χ3n) is 4.77. The van der Waals surface area contributed by atoms with Gasteiger partial charge in [-0.2, -0.15) is 0 Å². The van der Waals surface area contributed by atoms with E-state index in [-0.39, 0.29) is 5.91 Å². The monoisotopic (exact) mass is 337 g/mol. The van der Waals surface area contributed by atoms with Gasteiger partial charge in [0.2, 0.25) is 0 Å². The Morgan fingerprint density at radius 2 is 1.92 bits per heavy atom. The molecule has 1 aliphatic rings. The van der Waals surface area contributed by atoms with Crippen LogP contribution in [0, 0.1) is 6.92 Å². The van der Waals surface area contributed by atoms with Gasteiger partial charge in [-0.25, -0.2) is 4.98 Å². The smallest absolute Gasteiger partial charge is 0.270 e. The molecule has 1 fully saturated rings. The molecule has 0 bridgehead atoms. The summed E-state index contributed by atoms with van der Waals surface area (Å²) in [5.41, 5.74) is 3.90. The van der Waals surface area contributed by atoms with Crippen molar-refractivity contribution in [2.75, 3.05) is 5.32 Å². The molecule has 1 aliphatic carbocycles. The van der Waals surface area contributed by atoms with E-state index in [9.17, 15) is 4.79 Å². The molecule has 1 heterocycles. The molecule has 25 heavy (non-hydrogen) atoms. The maximum absolute atomic E-state index is 12.4. The number of aryl methyl sites for hydroxylation is 1. The molecule has 132 valence electrons. The summed E-state index contributed by atoms with van der Waals surface area (Å²) in [7, 11) is 0. The number of hydrogen-bond donors (Lipinski definition) is 2. The van der Waals surface area contributed by atoms with Crippen LogP contribution in [0.3, 0.4) is 0 Å². The van der Waals surface area contributed by atoms with Gasteiger partial charge in [-0.1, -0.05) is 55.5 Å². The molecule has 4 nitrogen and oxygen atoms in total. The Bertz CT molecular complexity index is 689. The maximum Gasteiger partial charge on any atom is 0.270 e. The summed E-state index contributed by atoms with van der Waals surface area (Å²) >= 11 is 0. The number of nitrogens with one attached hydrogen (secondary N) is 2. The molecular formula is C21H27N3O. The first-order chi connectivity index (χ1) is 12.2. The molecule has 0 unspecified atom stereocenters. The summed E-state index contributed by atoms with van der Waals surface area (Å²) in [6.45, 7) is 2.84. The van der Waals surface area contributed by atoms with E-state index in [1.54, 1.807) is 12.3 Å². The number of carbonyl (C=O) groups is 1. The fourth-order valence-electron chi connectivity index (χ4n) is 3.34.